The second kappa shape index (κ2) is 4.72. The fourth-order valence-corrected chi connectivity index (χ4v) is 2.25. The number of halogens is 1. The highest BCUT2D eigenvalue weighted by atomic mass is 35.5. The lowest BCUT2D eigenvalue weighted by atomic mass is 10.2. The molecule has 2 aromatic rings. The highest BCUT2D eigenvalue weighted by Crippen LogP contribution is 2.31. The van der Waals surface area contributed by atoms with Crippen molar-refractivity contribution in [3.63, 3.8) is 0 Å². The SMILES string of the molecule is Cc1nc(Sc2nccc(C(=N)N)c2Cl)n[nH]1. The fraction of sp³-hybridized carbons (Fsp3) is 0.111. The summed E-state index contributed by atoms with van der Waals surface area (Å²) in [5.74, 6) is 0.622. The zero-order valence-electron chi connectivity index (χ0n) is 8.86. The normalized spacial score (nSPS) is 10.5. The molecular formula is C9H9ClN6S. The Bertz CT molecular complexity index is 566. The van der Waals surface area contributed by atoms with Crippen LogP contribution in [-0.2, 0) is 0 Å². The van der Waals surface area contributed by atoms with Crippen LogP contribution in [0.2, 0.25) is 5.02 Å². The van der Waals surface area contributed by atoms with E-state index < -0.39 is 0 Å². The molecule has 0 aromatic carbocycles. The summed E-state index contributed by atoms with van der Waals surface area (Å²) < 4.78 is 0. The number of hydrogen-bond donors (Lipinski definition) is 3. The van der Waals surface area contributed by atoms with Crippen molar-refractivity contribution in [2.24, 2.45) is 5.73 Å². The minimum absolute atomic E-state index is 0.0922. The monoisotopic (exact) mass is 268 g/mol. The number of amidine groups is 1. The number of aromatic nitrogens is 4. The predicted molar refractivity (Wildman–Crippen MR) is 65.5 cm³/mol. The maximum atomic E-state index is 7.38. The molecule has 2 aromatic heterocycles. The molecule has 88 valence electrons. The van der Waals surface area contributed by atoms with E-state index >= 15 is 0 Å². The van der Waals surface area contributed by atoms with Crippen LogP contribution in [-0.4, -0.2) is 26.0 Å². The van der Waals surface area contributed by atoms with Gasteiger partial charge in [-0.2, -0.15) is 0 Å². The zero-order chi connectivity index (χ0) is 12.4. The van der Waals surface area contributed by atoms with Gasteiger partial charge in [-0.05, 0) is 24.8 Å². The van der Waals surface area contributed by atoms with Crippen LogP contribution >= 0.6 is 23.4 Å². The Hall–Kier alpha value is -1.60. The molecule has 0 saturated carbocycles. The first-order chi connectivity index (χ1) is 8.08. The summed E-state index contributed by atoms with van der Waals surface area (Å²) in [5, 5.41) is 15.5. The van der Waals surface area contributed by atoms with E-state index in [1.165, 1.54) is 11.8 Å². The molecule has 4 N–H and O–H groups in total. The molecule has 17 heavy (non-hydrogen) atoms. The van der Waals surface area contributed by atoms with Gasteiger partial charge in [-0.3, -0.25) is 10.5 Å². The topological polar surface area (TPSA) is 104 Å². The van der Waals surface area contributed by atoms with Crippen LogP contribution < -0.4 is 5.73 Å². The van der Waals surface area contributed by atoms with Crippen LogP contribution in [0.1, 0.15) is 11.4 Å². The Balaban J connectivity index is 2.33. The first kappa shape index (κ1) is 11.9. The number of H-pyrrole nitrogens is 1. The summed E-state index contributed by atoms with van der Waals surface area (Å²) in [6.07, 6.45) is 1.55. The number of pyridine rings is 1. The van der Waals surface area contributed by atoms with Gasteiger partial charge in [0.05, 0.1) is 5.02 Å². The minimum Gasteiger partial charge on any atom is -0.384 e. The number of nitrogens with zero attached hydrogens (tertiary/aromatic N) is 3. The second-order valence-corrected chi connectivity index (χ2v) is 4.53. The third-order valence-corrected chi connectivity index (χ3v) is 3.27. The molecule has 0 atom stereocenters. The third kappa shape index (κ3) is 2.56. The molecule has 0 aliphatic carbocycles. The summed E-state index contributed by atoms with van der Waals surface area (Å²) >= 11 is 7.31. The molecule has 0 radical (unpaired) electrons. The molecule has 0 spiro atoms. The molecule has 0 fully saturated rings. The minimum atomic E-state index is -0.0922. The van der Waals surface area contributed by atoms with Crippen molar-refractivity contribution < 1.29 is 0 Å². The quantitative estimate of drug-likeness (QED) is 0.579. The van der Waals surface area contributed by atoms with Crippen molar-refractivity contribution >= 4 is 29.2 Å². The Labute approximate surface area is 107 Å². The first-order valence-corrected chi connectivity index (χ1v) is 5.83. The lowest BCUT2D eigenvalue weighted by Crippen LogP contribution is -2.12. The van der Waals surface area contributed by atoms with Crippen LogP contribution in [0.15, 0.2) is 22.4 Å². The number of nitrogens with one attached hydrogen (secondary N) is 2. The van der Waals surface area contributed by atoms with Crippen molar-refractivity contribution in [3.8, 4) is 0 Å². The molecule has 0 aliphatic heterocycles. The van der Waals surface area contributed by atoms with Gasteiger partial charge in [-0.25, -0.2) is 9.97 Å². The smallest absolute Gasteiger partial charge is 0.214 e. The van der Waals surface area contributed by atoms with Crippen molar-refractivity contribution in [3.05, 3.63) is 28.7 Å². The maximum absolute atomic E-state index is 7.38. The Morgan fingerprint density at radius 3 is 2.94 bits per heavy atom. The van der Waals surface area contributed by atoms with E-state index in [2.05, 4.69) is 20.2 Å². The summed E-state index contributed by atoms with van der Waals surface area (Å²) in [6, 6.07) is 1.60. The molecule has 2 heterocycles. The van der Waals surface area contributed by atoms with Crippen LogP contribution in [0.4, 0.5) is 0 Å². The van der Waals surface area contributed by atoms with Crippen LogP contribution in [0.3, 0.4) is 0 Å². The largest absolute Gasteiger partial charge is 0.384 e. The van der Waals surface area contributed by atoms with E-state index in [1.807, 2.05) is 0 Å². The molecule has 6 nitrogen and oxygen atoms in total. The summed E-state index contributed by atoms with van der Waals surface area (Å²) in [5.41, 5.74) is 5.86. The molecular weight excluding hydrogens is 260 g/mol. The van der Waals surface area contributed by atoms with E-state index in [9.17, 15) is 0 Å². The predicted octanol–water partition coefficient (Wildman–Crippen LogP) is 1.60. The van der Waals surface area contributed by atoms with Gasteiger partial charge >= 0.3 is 0 Å². The lowest BCUT2D eigenvalue weighted by Gasteiger charge is -2.04. The molecule has 0 bridgehead atoms. The van der Waals surface area contributed by atoms with E-state index in [4.69, 9.17) is 22.7 Å². The van der Waals surface area contributed by atoms with Gasteiger partial charge in [0.1, 0.15) is 16.7 Å². The Kier molecular flexibility index (Phi) is 3.30. The number of nitrogen functional groups attached to an aromatic ring is 1. The molecule has 0 aliphatic rings. The van der Waals surface area contributed by atoms with Crippen molar-refractivity contribution in [1.82, 2.24) is 20.2 Å². The number of aromatic amines is 1. The molecule has 8 heteroatoms. The Morgan fingerprint density at radius 1 is 1.59 bits per heavy atom. The van der Waals surface area contributed by atoms with E-state index in [0.717, 1.165) is 0 Å². The highest BCUT2D eigenvalue weighted by molar-refractivity contribution is 7.99. The van der Waals surface area contributed by atoms with Gasteiger partial charge in [-0.1, -0.05) is 11.6 Å². The van der Waals surface area contributed by atoms with Crippen molar-refractivity contribution in [2.45, 2.75) is 17.1 Å². The fourth-order valence-electron chi connectivity index (χ4n) is 1.16. The van der Waals surface area contributed by atoms with Crippen LogP contribution in [0.5, 0.6) is 0 Å². The number of aryl methyl sites for hydroxylation is 1. The summed E-state index contributed by atoms with van der Waals surface area (Å²) in [4.78, 5) is 8.25. The van der Waals surface area contributed by atoms with Gasteiger partial charge < -0.3 is 5.73 Å². The first-order valence-electron chi connectivity index (χ1n) is 4.63. The van der Waals surface area contributed by atoms with Crippen LogP contribution in [0.25, 0.3) is 0 Å². The van der Waals surface area contributed by atoms with Gasteiger partial charge in [-0.15, -0.1) is 5.10 Å². The van der Waals surface area contributed by atoms with Crippen LogP contribution in [0, 0.1) is 12.3 Å². The standard InChI is InChI=1S/C9H9ClN6S/c1-4-14-9(16-15-4)17-8-6(10)5(7(11)12)2-3-13-8/h2-3H,1H3,(H3,11,12)(H,14,15,16). The number of nitrogens with two attached hydrogens (primary N) is 1. The Morgan fingerprint density at radius 2 is 2.35 bits per heavy atom. The average molecular weight is 269 g/mol. The highest BCUT2D eigenvalue weighted by Gasteiger charge is 2.12. The average Bonchev–Trinajstić information content (AvgIpc) is 2.67. The van der Waals surface area contributed by atoms with Crippen molar-refractivity contribution in [1.29, 1.82) is 5.41 Å². The second-order valence-electron chi connectivity index (χ2n) is 3.20. The van der Waals surface area contributed by atoms with Gasteiger partial charge in [0, 0.05) is 11.8 Å². The number of hydrogen-bond acceptors (Lipinski definition) is 5. The maximum Gasteiger partial charge on any atom is 0.214 e. The van der Waals surface area contributed by atoms with E-state index in [1.54, 1.807) is 19.2 Å². The third-order valence-electron chi connectivity index (χ3n) is 1.91. The lowest BCUT2D eigenvalue weighted by molar-refractivity contribution is 0.964. The zero-order valence-corrected chi connectivity index (χ0v) is 10.4. The molecule has 0 amide bonds. The molecule has 2 rings (SSSR count). The molecule has 0 saturated heterocycles. The van der Waals surface area contributed by atoms with Gasteiger partial charge in [0.15, 0.2) is 0 Å². The van der Waals surface area contributed by atoms with Gasteiger partial charge in [0.25, 0.3) is 0 Å². The summed E-state index contributed by atoms with van der Waals surface area (Å²) in [6.45, 7) is 1.80. The van der Waals surface area contributed by atoms with E-state index in [0.29, 0.717) is 26.6 Å². The molecule has 0 unspecified atom stereocenters. The van der Waals surface area contributed by atoms with Gasteiger partial charge in [0.2, 0.25) is 5.16 Å². The summed E-state index contributed by atoms with van der Waals surface area (Å²) in [7, 11) is 0. The number of rotatable bonds is 3. The van der Waals surface area contributed by atoms with E-state index in [-0.39, 0.29) is 5.84 Å². The van der Waals surface area contributed by atoms with Crippen molar-refractivity contribution in [2.75, 3.05) is 0 Å².